The normalized spacial score (nSPS) is 20.1. The molecule has 3 N–H and O–H groups in total. The highest BCUT2D eigenvalue weighted by atomic mass is 15.1. The minimum absolute atomic E-state index is 0.714. The summed E-state index contributed by atoms with van der Waals surface area (Å²) in [4.78, 5) is 5.56. The molecule has 0 spiro atoms. The fourth-order valence-corrected chi connectivity index (χ4v) is 2.25. The quantitative estimate of drug-likeness (QED) is 0.752. The number of hydrogen-bond donors (Lipinski definition) is 2. The summed E-state index contributed by atoms with van der Waals surface area (Å²) in [5, 5.41) is 0. The van der Waals surface area contributed by atoms with Crippen LogP contribution < -0.4 is 5.73 Å². The van der Waals surface area contributed by atoms with Gasteiger partial charge in [-0.2, -0.15) is 0 Å². The standard InChI is InChI=1S/C11H19N3/c1-2-14-5-3-9(4-6-14)10-7-11(12)13-8-10/h7-9,13H,2-6,12H2,1H3. The summed E-state index contributed by atoms with van der Waals surface area (Å²) in [6, 6.07) is 2.08. The number of nitrogens with zero attached hydrogens (tertiary/aromatic N) is 1. The number of nitrogen functional groups attached to an aromatic ring is 1. The first-order chi connectivity index (χ1) is 6.79. The molecule has 2 rings (SSSR count). The molecule has 0 amide bonds. The zero-order chi connectivity index (χ0) is 9.97. The van der Waals surface area contributed by atoms with Crippen LogP contribution in [0.15, 0.2) is 12.3 Å². The van der Waals surface area contributed by atoms with E-state index >= 15 is 0 Å². The number of aromatic amines is 1. The molecule has 1 aromatic heterocycles. The lowest BCUT2D eigenvalue weighted by atomic mass is 9.91. The summed E-state index contributed by atoms with van der Waals surface area (Å²) in [6.07, 6.45) is 4.60. The molecule has 1 saturated heterocycles. The molecule has 0 bridgehead atoms. The number of anilines is 1. The van der Waals surface area contributed by atoms with Gasteiger partial charge >= 0.3 is 0 Å². The lowest BCUT2D eigenvalue weighted by Crippen LogP contribution is -2.32. The van der Waals surface area contributed by atoms with Crippen molar-refractivity contribution in [1.29, 1.82) is 0 Å². The molecular formula is C11H19N3. The van der Waals surface area contributed by atoms with Crippen molar-refractivity contribution in [3.05, 3.63) is 17.8 Å². The number of nitrogens with one attached hydrogen (secondary N) is 1. The maximum atomic E-state index is 5.67. The van der Waals surface area contributed by atoms with Crippen LogP contribution in [0.2, 0.25) is 0 Å². The number of aromatic nitrogens is 1. The lowest BCUT2D eigenvalue weighted by Gasteiger charge is -2.30. The van der Waals surface area contributed by atoms with Crippen molar-refractivity contribution < 1.29 is 0 Å². The number of nitrogens with two attached hydrogens (primary N) is 1. The number of likely N-dealkylation sites (tertiary alicyclic amines) is 1. The Morgan fingerprint density at radius 1 is 1.50 bits per heavy atom. The fraction of sp³-hybridized carbons (Fsp3) is 0.636. The highest BCUT2D eigenvalue weighted by Gasteiger charge is 2.19. The molecule has 0 saturated carbocycles. The molecule has 78 valence electrons. The first-order valence-corrected chi connectivity index (χ1v) is 5.45. The molecule has 1 aromatic rings. The average molecular weight is 193 g/mol. The van der Waals surface area contributed by atoms with E-state index in [1.54, 1.807) is 0 Å². The topological polar surface area (TPSA) is 45.0 Å². The Labute approximate surface area is 85.3 Å². The number of H-pyrrole nitrogens is 1. The molecule has 0 radical (unpaired) electrons. The number of piperidine rings is 1. The summed E-state index contributed by atoms with van der Waals surface area (Å²) in [5.74, 6) is 1.50. The summed E-state index contributed by atoms with van der Waals surface area (Å²) in [6.45, 7) is 5.87. The summed E-state index contributed by atoms with van der Waals surface area (Å²) in [7, 11) is 0. The third-order valence-corrected chi connectivity index (χ3v) is 3.23. The van der Waals surface area contributed by atoms with Crippen LogP contribution in [0.25, 0.3) is 0 Å². The van der Waals surface area contributed by atoms with Crippen LogP contribution in [0.1, 0.15) is 31.2 Å². The van der Waals surface area contributed by atoms with Gasteiger partial charge in [0.1, 0.15) is 5.82 Å². The highest BCUT2D eigenvalue weighted by molar-refractivity contribution is 5.35. The van der Waals surface area contributed by atoms with Crippen LogP contribution >= 0.6 is 0 Å². The Morgan fingerprint density at radius 2 is 2.21 bits per heavy atom. The average Bonchev–Trinajstić information content (AvgIpc) is 2.65. The van der Waals surface area contributed by atoms with Gasteiger partial charge in [0.05, 0.1) is 0 Å². The van der Waals surface area contributed by atoms with Gasteiger partial charge in [-0.3, -0.25) is 0 Å². The molecule has 14 heavy (non-hydrogen) atoms. The van der Waals surface area contributed by atoms with E-state index in [1.165, 1.54) is 38.0 Å². The van der Waals surface area contributed by atoms with Crippen LogP contribution in [0.3, 0.4) is 0 Å². The van der Waals surface area contributed by atoms with Crippen molar-refractivity contribution >= 4 is 5.82 Å². The van der Waals surface area contributed by atoms with E-state index in [0.717, 1.165) is 5.82 Å². The number of hydrogen-bond acceptors (Lipinski definition) is 2. The Bertz CT molecular complexity index is 284. The van der Waals surface area contributed by atoms with Crippen molar-refractivity contribution in [2.45, 2.75) is 25.7 Å². The van der Waals surface area contributed by atoms with Gasteiger partial charge in [-0.05, 0) is 50.0 Å². The van der Waals surface area contributed by atoms with Gasteiger partial charge in [-0.1, -0.05) is 6.92 Å². The third-order valence-electron chi connectivity index (χ3n) is 3.23. The van der Waals surface area contributed by atoms with Gasteiger partial charge in [0.15, 0.2) is 0 Å². The Hall–Kier alpha value is -0.960. The summed E-state index contributed by atoms with van der Waals surface area (Å²) < 4.78 is 0. The SMILES string of the molecule is CCN1CCC(c2c[nH]c(N)c2)CC1. The minimum atomic E-state index is 0.714. The minimum Gasteiger partial charge on any atom is -0.385 e. The van der Waals surface area contributed by atoms with Crippen molar-refractivity contribution in [2.24, 2.45) is 0 Å². The second kappa shape index (κ2) is 4.05. The molecule has 0 aliphatic carbocycles. The summed E-state index contributed by atoms with van der Waals surface area (Å²) >= 11 is 0. The van der Waals surface area contributed by atoms with Crippen LogP contribution in [-0.2, 0) is 0 Å². The van der Waals surface area contributed by atoms with Crippen molar-refractivity contribution in [2.75, 3.05) is 25.4 Å². The van der Waals surface area contributed by atoms with Crippen LogP contribution in [-0.4, -0.2) is 29.5 Å². The van der Waals surface area contributed by atoms with Crippen molar-refractivity contribution in [3.63, 3.8) is 0 Å². The van der Waals surface area contributed by atoms with E-state index in [4.69, 9.17) is 5.73 Å². The molecule has 1 fully saturated rings. The molecule has 2 heterocycles. The molecular weight excluding hydrogens is 174 g/mol. The molecule has 3 nitrogen and oxygen atoms in total. The van der Waals surface area contributed by atoms with Gasteiger partial charge in [0, 0.05) is 6.20 Å². The second-order valence-corrected chi connectivity index (χ2v) is 4.10. The monoisotopic (exact) mass is 193 g/mol. The maximum Gasteiger partial charge on any atom is 0.100 e. The van der Waals surface area contributed by atoms with Crippen molar-refractivity contribution in [3.8, 4) is 0 Å². The van der Waals surface area contributed by atoms with Crippen LogP contribution in [0.4, 0.5) is 5.82 Å². The van der Waals surface area contributed by atoms with Gasteiger partial charge in [-0.25, -0.2) is 0 Å². The third kappa shape index (κ3) is 1.93. The zero-order valence-corrected chi connectivity index (χ0v) is 8.79. The van der Waals surface area contributed by atoms with E-state index in [1.807, 2.05) is 0 Å². The molecule has 1 aliphatic heterocycles. The molecule has 3 heteroatoms. The van der Waals surface area contributed by atoms with E-state index in [9.17, 15) is 0 Å². The Kier molecular flexibility index (Phi) is 2.77. The van der Waals surface area contributed by atoms with Gasteiger partial charge < -0.3 is 15.6 Å². The largest absolute Gasteiger partial charge is 0.385 e. The Balaban J connectivity index is 1.95. The molecule has 0 aromatic carbocycles. The number of rotatable bonds is 2. The van der Waals surface area contributed by atoms with E-state index < -0.39 is 0 Å². The predicted molar refractivity (Wildman–Crippen MR) is 59.3 cm³/mol. The van der Waals surface area contributed by atoms with Crippen LogP contribution in [0.5, 0.6) is 0 Å². The lowest BCUT2D eigenvalue weighted by molar-refractivity contribution is 0.222. The highest BCUT2D eigenvalue weighted by Crippen LogP contribution is 2.28. The van der Waals surface area contributed by atoms with Crippen molar-refractivity contribution in [1.82, 2.24) is 9.88 Å². The van der Waals surface area contributed by atoms with E-state index in [-0.39, 0.29) is 0 Å². The first kappa shape index (κ1) is 9.59. The second-order valence-electron chi connectivity index (χ2n) is 4.10. The Morgan fingerprint density at radius 3 is 2.71 bits per heavy atom. The molecule has 1 aliphatic rings. The predicted octanol–water partition coefficient (Wildman–Crippen LogP) is 1.80. The molecule has 0 unspecified atom stereocenters. The fourth-order valence-electron chi connectivity index (χ4n) is 2.25. The van der Waals surface area contributed by atoms with Gasteiger partial charge in [0.2, 0.25) is 0 Å². The van der Waals surface area contributed by atoms with E-state index in [2.05, 4.69) is 29.1 Å². The first-order valence-electron chi connectivity index (χ1n) is 5.45. The smallest absolute Gasteiger partial charge is 0.100 e. The maximum absolute atomic E-state index is 5.67. The molecule has 0 atom stereocenters. The van der Waals surface area contributed by atoms with Crippen LogP contribution in [0, 0.1) is 0 Å². The van der Waals surface area contributed by atoms with Gasteiger partial charge in [-0.15, -0.1) is 0 Å². The van der Waals surface area contributed by atoms with E-state index in [0.29, 0.717) is 5.92 Å². The zero-order valence-electron chi connectivity index (χ0n) is 8.79. The summed E-state index contributed by atoms with van der Waals surface area (Å²) in [5.41, 5.74) is 7.06. The van der Waals surface area contributed by atoms with Gasteiger partial charge in [0.25, 0.3) is 0 Å².